The molecule has 0 saturated heterocycles. The Morgan fingerprint density at radius 1 is 0.313 bits per heavy atom. The first kappa shape index (κ1) is 38.9. The minimum absolute atomic E-state index is 0.851. The van der Waals surface area contributed by atoms with Crippen molar-refractivity contribution in [2.45, 2.75) is 0 Å². The van der Waals surface area contributed by atoms with Crippen LogP contribution in [0.2, 0.25) is 0 Å². The Bertz CT molecular complexity index is 3950. The van der Waals surface area contributed by atoms with Gasteiger partial charge in [0.25, 0.3) is 0 Å². The highest BCUT2D eigenvalue weighted by Gasteiger charge is 2.23. The van der Waals surface area contributed by atoms with E-state index in [1.807, 2.05) is 11.3 Å². The Kier molecular flexibility index (Phi) is 9.40. The largest absolute Gasteiger partial charge is 0.456 e. The van der Waals surface area contributed by atoms with E-state index in [1.54, 1.807) is 0 Å². The lowest BCUT2D eigenvalue weighted by Gasteiger charge is -2.27. The fourth-order valence-electron chi connectivity index (χ4n) is 9.97. The van der Waals surface area contributed by atoms with Crippen LogP contribution in [0, 0.1) is 0 Å². The third kappa shape index (κ3) is 6.88. The molecule has 2 heterocycles. The van der Waals surface area contributed by atoms with Crippen LogP contribution in [0.15, 0.2) is 253 Å². The van der Waals surface area contributed by atoms with Gasteiger partial charge in [-0.2, -0.15) is 0 Å². The second-order valence-corrected chi connectivity index (χ2v) is 18.3. The van der Waals surface area contributed by atoms with Gasteiger partial charge in [-0.05, 0) is 121 Å². The lowest BCUT2D eigenvalue weighted by molar-refractivity contribution is 0.669. The first-order valence-electron chi connectivity index (χ1n) is 22.8. The van der Waals surface area contributed by atoms with Gasteiger partial charge in [-0.25, -0.2) is 0 Å². The molecule has 0 spiro atoms. The first-order valence-corrected chi connectivity index (χ1v) is 23.6. The van der Waals surface area contributed by atoms with E-state index >= 15 is 0 Å². The summed E-state index contributed by atoms with van der Waals surface area (Å²) in [5, 5.41) is 7.14. The molecule has 0 aliphatic heterocycles. The van der Waals surface area contributed by atoms with E-state index in [9.17, 15) is 0 Å². The van der Waals surface area contributed by atoms with Crippen LogP contribution in [0.5, 0.6) is 0 Å². The molecule has 13 aromatic rings. The van der Waals surface area contributed by atoms with Crippen LogP contribution in [-0.4, -0.2) is 0 Å². The standard InChI is InChI=1S/C64H41NOS/c1-5-14-42(15-6-1)49-28-33-55-56-35-32-52(41-61(56)66-60(55)39-49)65(51-30-26-44(27-31-51)48-25-24-47-22-13-23-53(58(47)38-48)45-18-9-3-10-19-45)59-37-36-54(46-20-11-4-12-21-46)64-63(59)57-34-29-50(40-62(57)67-64)43-16-7-2-8-17-43/h1-41H. The van der Waals surface area contributed by atoms with E-state index in [0.717, 1.165) is 50.1 Å². The predicted octanol–water partition coefficient (Wildman–Crippen LogP) is 18.9. The summed E-state index contributed by atoms with van der Waals surface area (Å²) in [5.74, 6) is 0. The van der Waals surface area contributed by atoms with Crippen molar-refractivity contribution in [2.75, 3.05) is 4.90 Å². The third-order valence-corrected chi connectivity index (χ3v) is 14.5. The molecule has 3 heteroatoms. The topological polar surface area (TPSA) is 16.4 Å². The van der Waals surface area contributed by atoms with E-state index < -0.39 is 0 Å². The van der Waals surface area contributed by atoms with Gasteiger partial charge in [0.2, 0.25) is 0 Å². The van der Waals surface area contributed by atoms with Gasteiger partial charge in [0.1, 0.15) is 11.2 Å². The van der Waals surface area contributed by atoms with Crippen molar-refractivity contribution in [1.29, 1.82) is 0 Å². The zero-order valence-corrected chi connectivity index (χ0v) is 37.3. The summed E-state index contributed by atoms with van der Waals surface area (Å²) in [4.78, 5) is 2.42. The van der Waals surface area contributed by atoms with Gasteiger partial charge in [-0.3, -0.25) is 0 Å². The van der Waals surface area contributed by atoms with Crippen LogP contribution in [0.1, 0.15) is 0 Å². The number of benzene rings is 11. The van der Waals surface area contributed by atoms with Gasteiger partial charge in [-0.1, -0.05) is 188 Å². The smallest absolute Gasteiger partial charge is 0.137 e. The molecule has 0 bridgehead atoms. The maximum Gasteiger partial charge on any atom is 0.137 e. The van der Waals surface area contributed by atoms with Gasteiger partial charge in [0, 0.05) is 48.4 Å². The zero-order valence-electron chi connectivity index (χ0n) is 36.4. The molecule has 67 heavy (non-hydrogen) atoms. The summed E-state index contributed by atoms with van der Waals surface area (Å²) in [7, 11) is 0. The number of furan rings is 1. The summed E-state index contributed by atoms with van der Waals surface area (Å²) in [5.41, 5.74) is 16.9. The first-order chi connectivity index (χ1) is 33.2. The molecule has 0 radical (unpaired) electrons. The minimum atomic E-state index is 0.851. The van der Waals surface area contributed by atoms with Crippen LogP contribution < -0.4 is 4.90 Å². The molecule has 0 amide bonds. The normalized spacial score (nSPS) is 11.6. The fraction of sp³-hybridized carbons (Fsp3) is 0. The molecule has 0 saturated carbocycles. The maximum absolute atomic E-state index is 6.78. The quantitative estimate of drug-likeness (QED) is 0.151. The second-order valence-electron chi connectivity index (χ2n) is 17.2. The molecule has 0 atom stereocenters. The van der Waals surface area contributed by atoms with Crippen molar-refractivity contribution in [1.82, 2.24) is 0 Å². The molecule has 0 N–H and O–H groups in total. The van der Waals surface area contributed by atoms with E-state index in [4.69, 9.17) is 4.42 Å². The summed E-state index contributed by atoms with van der Waals surface area (Å²) in [6.45, 7) is 0. The average molecular weight is 872 g/mol. The maximum atomic E-state index is 6.78. The number of rotatable bonds is 8. The molecule has 0 aliphatic rings. The van der Waals surface area contributed by atoms with Crippen LogP contribution in [-0.2, 0) is 0 Å². The van der Waals surface area contributed by atoms with Crippen LogP contribution in [0.25, 0.3) is 109 Å². The zero-order chi connectivity index (χ0) is 44.3. The number of nitrogens with zero attached hydrogens (tertiary/aromatic N) is 1. The highest BCUT2D eigenvalue weighted by molar-refractivity contribution is 7.26. The fourth-order valence-corrected chi connectivity index (χ4v) is 11.3. The van der Waals surface area contributed by atoms with Crippen LogP contribution in [0.3, 0.4) is 0 Å². The molecule has 2 aromatic heterocycles. The van der Waals surface area contributed by atoms with Crippen molar-refractivity contribution in [3.63, 3.8) is 0 Å². The summed E-state index contributed by atoms with van der Waals surface area (Å²) in [6, 6.07) is 90.1. The molecule has 2 nitrogen and oxygen atoms in total. The van der Waals surface area contributed by atoms with E-state index in [1.165, 1.54) is 75.5 Å². The third-order valence-electron chi connectivity index (χ3n) is 13.3. The Balaban J connectivity index is 1.00. The molecule has 0 fully saturated rings. The van der Waals surface area contributed by atoms with Gasteiger partial charge < -0.3 is 9.32 Å². The second kappa shape index (κ2) is 16.2. The molecule has 11 aromatic carbocycles. The summed E-state index contributed by atoms with van der Waals surface area (Å²) >= 11 is 1.87. The molecule has 0 aliphatic carbocycles. The summed E-state index contributed by atoms with van der Waals surface area (Å²) < 4.78 is 9.29. The molecule has 314 valence electrons. The average Bonchev–Trinajstić information content (AvgIpc) is 3.98. The van der Waals surface area contributed by atoms with Gasteiger partial charge in [0.05, 0.1) is 5.69 Å². The van der Waals surface area contributed by atoms with Gasteiger partial charge in [0.15, 0.2) is 0 Å². The van der Waals surface area contributed by atoms with Gasteiger partial charge in [-0.15, -0.1) is 11.3 Å². The van der Waals surface area contributed by atoms with Crippen LogP contribution in [0.4, 0.5) is 17.1 Å². The van der Waals surface area contributed by atoms with Gasteiger partial charge >= 0.3 is 0 Å². The van der Waals surface area contributed by atoms with E-state index in [-0.39, 0.29) is 0 Å². The Morgan fingerprint density at radius 2 is 0.836 bits per heavy atom. The molecule has 0 unspecified atom stereocenters. The number of thiophene rings is 1. The number of fused-ring (bicyclic) bond motifs is 7. The predicted molar refractivity (Wildman–Crippen MR) is 286 cm³/mol. The Morgan fingerprint density at radius 3 is 1.52 bits per heavy atom. The lowest BCUT2D eigenvalue weighted by atomic mass is 9.94. The minimum Gasteiger partial charge on any atom is -0.456 e. The van der Waals surface area contributed by atoms with Crippen molar-refractivity contribution in [3.8, 4) is 55.6 Å². The Hall–Kier alpha value is -8.50. The number of hydrogen-bond acceptors (Lipinski definition) is 3. The number of anilines is 3. The monoisotopic (exact) mass is 871 g/mol. The van der Waals surface area contributed by atoms with E-state index in [2.05, 4.69) is 254 Å². The van der Waals surface area contributed by atoms with Crippen LogP contribution >= 0.6 is 11.3 Å². The van der Waals surface area contributed by atoms with Crippen molar-refractivity contribution in [3.05, 3.63) is 249 Å². The lowest BCUT2D eigenvalue weighted by Crippen LogP contribution is -2.10. The van der Waals surface area contributed by atoms with Crippen molar-refractivity contribution in [2.24, 2.45) is 0 Å². The van der Waals surface area contributed by atoms with Crippen molar-refractivity contribution >= 4 is 81.3 Å². The highest BCUT2D eigenvalue weighted by atomic mass is 32.1. The number of hydrogen-bond donors (Lipinski definition) is 0. The van der Waals surface area contributed by atoms with E-state index in [0.29, 0.717) is 0 Å². The Labute approximate surface area is 392 Å². The SMILES string of the molecule is c1ccc(-c2ccc3c(c2)oc2cc(N(c4ccc(-c5ccc6cccc(-c7ccccc7)c6c5)cc4)c4ccc(-c5ccccc5)c5sc6cc(-c7ccccc7)ccc6c45)ccc23)cc1. The van der Waals surface area contributed by atoms with Crippen molar-refractivity contribution < 1.29 is 4.42 Å². The summed E-state index contributed by atoms with van der Waals surface area (Å²) in [6.07, 6.45) is 0. The molecule has 13 rings (SSSR count). The molecular formula is C64H41NOS. The molecular weight excluding hydrogens is 831 g/mol. The highest BCUT2D eigenvalue weighted by Crippen LogP contribution is 2.50.